The van der Waals surface area contributed by atoms with Crippen LogP contribution in [-0.2, 0) is 0 Å². The summed E-state index contributed by atoms with van der Waals surface area (Å²) in [6.45, 7) is 0. The molecule has 8 heteroatoms. The molecule has 2 heterocycles. The minimum atomic E-state index is -0.539. The molecule has 0 saturated heterocycles. The number of hydrogen-bond donors (Lipinski definition) is 3. The molecule has 0 atom stereocenters. The van der Waals surface area contributed by atoms with Gasteiger partial charge in [0.2, 0.25) is 5.56 Å². The lowest BCUT2D eigenvalue weighted by atomic mass is 10.2. The largest absolute Gasteiger partial charge is 0.350 e. The van der Waals surface area contributed by atoms with Gasteiger partial charge >= 0.3 is 0 Å². The number of hydrogen-bond acceptors (Lipinski definition) is 4. The number of nitrogens with one attached hydrogen (secondary N) is 3. The molecule has 0 unspecified atom stereocenters. The highest BCUT2D eigenvalue weighted by Gasteiger charge is 2.11. The molecule has 1 amide bonds. The Morgan fingerprint density at radius 3 is 2.72 bits per heavy atom. The summed E-state index contributed by atoms with van der Waals surface area (Å²) in [5, 5.41) is 5.79. The average Bonchev–Trinajstić information content (AvgIpc) is 2.59. The number of nitrogens with zero attached hydrogens (tertiary/aromatic N) is 1. The van der Waals surface area contributed by atoms with E-state index >= 15 is 0 Å². The van der Waals surface area contributed by atoms with Crippen molar-refractivity contribution in [2.24, 2.45) is 0 Å². The first-order valence-electron chi connectivity index (χ1n) is 7.19. The Balaban J connectivity index is 1.86. The highest BCUT2D eigenvalue weighted by atomic mass is 35.5. The van der Waals surface area contributed by atoms with Crippen molar-refractivity contribution in [2.75, 3.05) is 10.6 Å². The normalized spacial score (nSPS) is 10.3. The monoisotopic (exact) mass is 358 g/mol. The summed E-state index contributed by atoms with van der Waals surface area (Å²) in [6.07, 6.45) is 4.31. The maximum atomic E-state index is 13.9. The van der Waals surface area contributed by atoms with Gasteiger partial charge in [0, 0.05) is 29.0 Å². The molecule has 25 heavy (non-hydrogen) atoms. The second-order valence-corrected chi connectivity index (χ2v) is 5.50. The van der Waals surface area contributed by atoms with E-state index in [1.54, 1.807) is 6.07 Å². The number of carbonyl (C=O) groups excluding carboxylic acids is 1. The van der Waals surface area contributed by atoms with Crippen LogP contribution in [0.4, 0.5) is 21.5 Å². The fourth-order valence-corrected chi connectivity index (χ4v) is 2.28. The predicted molar refractivity (Wildman–Crippen MR) is 93.9 cm³/mol. The predicted octanol–water partition coefficient (Wildman–Crippen LogP) is 3.56. The maximum absolute atomic E-state index is 13.9. The van der Waals surface area contributed by atoms with E-state index in [4.69, 9.17) is 11.6 Å². The Kier molecular flexibility index (Phi) is 4.76. The number of carbonyl (C=O) groups is 1. The van der Waals surface area contributed by atoms with Crippen molar-refractivity contribution in [3.63, 3.8) is 0 Å². The molecular weight excluding hydrogens is 347 g/mol. The summed E-state index contributed by atoms with van der Waals surface area (Å²) in [5.41, 5.74) is 0.772. The number of rotatable bonds is 4. The zero-order valence-electron chi connectivity index (χ0n) is 12.7. The number of aromatic nitrogens is 2. The van der Waals surface area contributed by atoms with Gasteiger partial charge in [0.25, 0.3) is 5.91 Å². The Morgan fingerprint density at radius 1 is 1.12 bits per heavy atom. The third-order valence-corrected chi connectivity index (χ3v) is 3.54. The van der Waals surface area contributed by atoms with Crippen LogP contribution in [0, 0.1) is 5.82 Å². The molecule has 0 aliphatic carbocycles. The zero-order chi connectivity index (χ0) is 17.8. The molecule has 0 spiro atoms. The molecule has 6 nitrogen and oxygen atoms in total. The van der Waals surface area contributed by atoms with Crippen molar-refractivity contribution < 1.29 is 9.18 Å². The minimum Gasteiger partial charge on any atom is -0.350 e. The highest BCUT2D eigenvalue weighted by Crippen LogP contribution is 2.27. The van der Waals surface area contributed by atoms with Crippen molar-refractivity contribution >= 4 is 34.6 Å². The second-order valence-electron chi connectivity index (χ2n) is 5.07. The van der Waals surface area contributed by atoms with Crippen molar-refractivity contribution in [1.29, 1.82) is 0 Å². The van der Waals surface area contributed by atoms with Gasteiger partial charge in [-0.1, -0.05) is 11.6 Å². The first-order valence-corrected chi connectivity index (χ1v) is 7.57. The zero-order valence-corrected chi connectivity index (χ0v) is 13.5. The number of halogens is 2. The summed E-state index contributed by atoms with van der Waals surface area (Å²) < 4.78 is 13.9. The Morgan fingerprint density at radius 2 is 1.96 bits per heavy atom. The quantitative estimate of drug-likeness (QED) is 0.665. The summed E-state index contributed by atoms with van der Waals surface area (Å²) in [6, 6.07) is 8.41. The van der Waals surface area contributed by atoms with E-state index < -0.39 is 11.7 Å². The van der Waals surface area contributed by atoms with E-state index in [-0.39, 0.29) is 21.8 Å². The van der Waals surface area contributed by atoms with Gasteiger partial charge < -0.3 is 15.6 Å². The lowest BCUT2D eigenvalue weighted by Gasteiger charge is -2.13. The van der Waals surface area contributed by atoms with Crippen molar-refractivity contribution in [3.05, 3.63) is 81.7 Å². The van der Waals surface area contributed by atoms with Gasteiger partial charge in [-0.05, 0) is 30.3 Å². The van der Waals surface area contributed by atoms with E-state index in [0.29, 0.717) is 11.4 Å². The van der Waals surface area contributed by atoms with Crippen LogP contribution >= 0.6 is 11.6 Å². The van der Waals surface area contributed by atoms with Crippen LogP contribution in [-0.4, -0.2) is 15.9 Å². The van der Waals surface area contributed by atoms with Gasteiger partial charge in [-0.15, -0.1) is 0 Å². The number of amides is 1. The smallest absolute Gasteiger partial charge is 0.255 e. The number of aromatic amines is 1. The SMILES string of the molecule is O=C(Nc1ccncc1Nc1ccc(Cl)cc1F)c1cc[nH]c(=O)c1. The van der Waals surface area contributed by atoms with Crippen LogP contribution in [0.1, 0.15) is 10.4 Å². The molecule has 1 aromatic carbocycles. The van der Waals surface area contributed by atoms with Crippen LogP contribution in [0.2, 0.25) is 5.02 Å². The maximum Gasteiger partial charge on any atom is 0.255 e. The summed E-state index contributed by atoms with van der Waals surface area (Å²) in [7, 11) is 0. The van der Waals surface area contributed by atoms with E-state index in [0.717, 1.165) is 0 Å². The molecule has 0 bridgehead atoms. The Hall–Kier alpha value is -3.19. The highest BCUT2D eigenvalue weighted by molar-refractivity contribution is 6.30. The van der Waals surface area contributed by atoms with Gasteiger partial charge in [0.05, 0.1) is 23.3 Å². The minimum absolute atomic E-state index is 0.184. The van der Waals surface area contributed by atoms with Crippen molar-refractivity contribution in [1.82, 2.24) is 9.97 Å². The van der Waals surface area contributed by atoms with Gasteiger partial charge in [0.15, 0.2) is 0 Å². The molecule has 2 aromatic heterocycles. The second kappa shape index (κ2) is 7.14. The van der Waals surface area contributed by atoms with E-state index in [9.17, 15) is 14.0 Å². The first kappa shape index (κ1) is 16.7. The summed E-state index contributed by atoms with van der Waals surface area (Å²) in [5.74, 6) is -1.01. The van der Waals surface area contributed by atoms with E-state index in [1.165, 1.54) is 48.9 Å². The first-order chi connectivity index (χ1) is 12.0. The number of anilines is 3. The Labute approximate surface area is 146 Å². The number of pyridine rings is 2. The standard InChI is InChI=1S/C17H12ClFN4O2/c18-11-1-2-13(12(19)8-11)22-15-9-20-5-4-14(15)23-17(25)10-3-6-21-16(24)7-10/h1-9,22H,(H,21,24)(H,20,23,25). The Bertz CT molecular complexity index is 990. The van der Waals surface area contributed by atoms with Crippen LogP contribution in [0.5, 0.6) is 0 Å². The fraction of sp³-hybridized carbons (Fsp3) is 0. The van der Waals surface area contributed by atoms with Gasteiger partial charge in [-0.25, -0.2) is 4.39 Å². The van der Waals surface area contributed by atoms with Gasteiger partial charge in [-0.3, -0.25) is 14.6 Å². The lowest BCUT2D eigenvalue weighted by Crippen LogP contribution is -2.16. The molecule has 0 aliphatic heterocycles. The number of H-pyrrole nitrogens is 1. The van der Waals surface area contributed by atoms with Crippen molar-refractivity contribution in [2.45, 2.75) is 0 Å². The summed E-state index contributed by atoms with van der Waals surface area (Å²) in [4.78, 5) is 30.0. The van der Waals surface area contributed by atoms with E-state index in [1.807, 2.05) is 0 Å². The van der Waals surface area contributed by atoms with E-state index in [2.05, 4.69) is 20.6 Å². The molecule has 0 fully saturated rings. The van der Waals surface area contributed by atoms with Crippen LogP contribution < -0.4 is 16.2 Å². The van der Waals surface area contributed by atoms with Crippen LogP contribution in [0.3, 0.4) is 0 Å². The number of benzene rings is 1. The van der Waals surface area contributed by atoms with Crippen LogP contribution in [0.25, 0.3) is 0 Å². The van der Waals surface area contributed by atoms with Crippen LogP contribution in [0.15, 0.2) is 59.8 Å². The third kappa shape index (κ3) is 4.02. The molecule has 3 aromatic rings. The molecule has 3 rings (SSSR count). The van der Waals surface area contributed by atoms with Gasteiger partial charge in [0.1, 0.15) is 5.82 Å². The molecule has 0 saturated carbocycles. The molecule has 126 valence electrons. The summed E-state index contributed by atoms with van der Waals surface area (Å²) >= 11 is 5.74. The average molecular weight is 359 g/mol. The fourth-order valence-electron chi connectivity index (χ4n) is 2.12. The molecule has 0 radical (unpaired) electrons. The molecule has 0 aliphatic rings. The topological polar surface area (TPSA) is 86.9 Å². The molecular formula is C17H12ClFN4O2. The lowest BCUT2D eigenvalue weighted by molar-refractivity contribution is 0.102. The van der Waals surface area contributed by atoms with Crippen molar-refractivity contribution in [3.8, 4) is 0 Å². The third-order valence-electron chi connectivity index (χ3n) is 3.31. The van der Waals surface area contributed by atoms with Gasteiger partial charge in [-0.2, -0.15) is 0 Å². The molecule has 3 N–H and O–H groups in total.